The van der Waals surface area contributed by atoms with Crippen LogP contribution in [0.15, 0.2) is 24.3 Å². The van der Waals surface area contributed by atoms with Gasteiger partial charge in [0.1, 0.15) is 0 Å². The summed E-state index contributed by atoms with van der Waals surface area (Å²) < 4.78 is 26.6. The van der Waals surface area contributed by atoms with Crippen LogP contribution in [0, 0.1) is 25.5 Å². The summed E-state index contributed by atoms with van der Waals surface area (Å²) in [6, 6.07) is 5.02. The van der Waals surface area contributed by atoms with Crippen LogP contribution in [0.3, 0.4) is 0 Å². The Hall–Kier alpha value is -2.17. The van der Waals surface area contributed by atoms with Gasteiger partial charge in [0.2, 0.25) is 0 Å². The molecule has 0 aliphatic carbocycles. The zero-order valence-electron chi connectivity index (χ0n) is 9.87. The number of rotatable bonds is 2. The second-order valence-corrected chi connectivity index (χ2v) is 3.92. The van der Waals surface area contributed by atoms with E-state index in [9.17, 15) is 13.6 Å². The largest absolute Gasteiger partial charge is 0.288 e. The minimum absolute atomic E-state index is 0.229. The fourth-order valence-electron chi connectivity index (χ4n) is 1.60. The van der Waals surface area contributed by atoms with Crippen LogP contribution in [0.1, 0.15) is 27.3 Å². The Balaban J connectivity index is 2.55. The third kappa shape index (κ3) is 2.11. The van der Waals surface area contributed by atoms with Gasteiger partial charge in [-0.15, -0.1) is 0 Å². The van der Waals surface area contributed by atoms with Gasteiger partial charge in [0.25, 0.3) is 0 Å². The molecule has 3 nitrogen and oxygen atoms in total. The summed E-state index contributed by atoms with van der Waals surface area (Å²) in [4.78, 5) is 12.1. The molecule has 0 radical (unpaired) electrons. The van der Waals surface area contributed by atoms with Crippen LogP contribution in [0.4, 0.5) is 8.78 Å². The zero-order valence-corrected chi connectivity index (χ0v) is 9.87. The third-order valence-corrected chi connectivity index (χ3v) is 2.54. The Morgan fingerprint density at radius 3 is 2.56 bits per heavy atom. The van der Waals surface area contributed by atoms with Crippen molar-refractivity contribution in [3.63, 3.8) is 0 Å². The third-order valence-electron chi connectivity index (χ3n) is 2.54. The smallest absolute Gasteiger partial charge is 0.198 e. The molecule has 1 heterocycles. The van der Waals surface area contributed by atoms with Crippen LogP contribution < -0.4 is 0 Å². The van der Waals surface area contributed by atoms with E-state index in [0.29, 0.717) is 11.4 Å². The Kier molecular flexibility index (Phi) is 3.14. The van der Waals surface area contributed by atoms with Gasteiger partial charge in [-0.25, -0.2) is 8.78 Å². The highest BCUT2D eigenvalue weighted by atomic mass is 19.2. The van der Waals surface area contributed by atoms with Gasteiger partial charge >= 0.3 is 0 Å². The first-order valence-electron chi connectivity index (χ1n) is 5.30. The number of aromatic nitrogens is 2. The maximum atomic E-state index is 13.5. The van der Waals surface area contributed by atoms with Crippen LogP contribution in [-0.4, -0.2) is 16.0 Å². The van der Waals surface area contributed by atoms with Crippen molar-refractivity contribution in [3.05, 3.63) is 58.4 Å². The molecule has 0 atom stereocenters. The van der Waals surface area contributed by atoms with E-state index in [0.717, 1.165) is 6.07 Å². The minimum atomic E-state index is -1.14. The van der Waals surface area contributed by atoms with E-state index < -0.39 is 17.4 Å². The maximum absolute atomic E-state index is 13.5. The molecule has 0 bridgehead atoms. The summed E-state index contributed by atoms with van der Waals surface area (Å²) in [6.45, 7) is 3.27. The van der Waals surface area contributed by atoms with E-state index in [-0.39, 0.29) is 11.1 Å². The van der Waals surface area contributed by atoms with Crippen LogP contribution in [-0.2, 0) is 0 Å². The zero-order chi connectivity index (χ0) is 13.3. The van der Waals surface area contributed by atoms with Crippen molar-refractivity contribution >= 4 is 5.78 Å². The topological polar surface area (TPSA) is 42.9 Å². The number of halogens is 2. The van der Waals surface area contributed by atoms with Gasteiger partial charge in [-0.2, -0.15) is 10.2 Å². The molecule has 5 heteroatoms. The predicted octanol–water partition coefficient (Wildman–Crippen LogP) is 2.60. The van der Waals surface area contributed by atoms with E-state index in [2.05, 4.69) is 10.2 Å². The van der Waals surface area contributed by atoms with Crippen molar-refractivity contribution in [2.75, 3.05) is 0 Å². The molecule has 0 unspecified atom stereocenters. The summed E-state index contributed by atoms with van der Waals surface area (Å²) >= 11 is 0. The predicted molar refractivity (Wildman–Crippen MR) is 61.3 cm³/mol. The van der Waals surface area contributed by atoms with Gasteiger partial charge in [0.05, 0.1) is 17.0 Å². The molecule has 92 valence electrons. The fraction of sp³-hybridized carbons (Fsp3) is 0.154. The molecule has 0 fully saturated rings. The van der Waals surface area contributed by atoms with Gasteiger partial charge in [-0.1, -0.05) is 6.07 Å². The number of hydrogen-bond acceptors (Lipinski definition) is 3. The monoisotopic (exact) mass is 248 g/mol. The first kappa shape index (κ1) is 12.3. The van der Waals surface area contributed by atoms with Crippen molar-refractivity contribution in [1.82, 2.24) is 10.2 Å². The summed E-state index contributed by atoms with van der Waals surface area (Å²) in [5, 5.41) is 7.58. The average Bonchev–Trinajstić information content (AvgIpc) is 2.35. The van der Waals surface area contributed by atoms with Crippen molar-refractivity contribution in [1.29, 1.82) is 0 Å². The standard InChI is InChI=1S/C13H10F2N2O/c1-7-6-10(8(2)17-16-7)13(18)9-4-3-5-11(14)12(9)15/h3-6H,1-2H3. The van der Waals surface area contributed by atoms with Crippen LogP contribution in [0.25, 0.3) is 0 Å². The molecule has 1 aromatic heterocycles. The van der Waals surface area contributed by atoms with E-state index >= 15 is 0 Å². The highest BCUT2D eigenvalue weighted by molar-refractivity contribution is 6.09. The molecule has 0 saturated heterocycles. The normalized spacial score (nSPS) is 10.4. The Morgan fingerprint density at radius 2 is 1.83 bits per heavy atom. The summed E-state index contributed by atoms with van der Waals surface area (Å²) in [7, 11) is 0. The van der Waals surface area contributed by atoms with Gasteiger partial charge in [0, 0.05) is 5.56 Å². The molecule has 0 saturated carbocycles. The first-order valence-corrected chi connectivity index (χ1v) is 5.30. The van der Waals surface area contributed by atoms with E-state index in [1.807, 2.05) is 0 Å². The van der Waals surface area contributed by atoms with Gasteiger partial charge in [-0.05, 0) is 32.0 Å². The molecule has 2 aromatic rings. The minimum Gasteiger partial charge on any atom is -0.288 e. The van der Waals surface area contributed by atoms with E-state index in [4.69, 9.17) is 0 Å². The Labute approximate surface area is 102 Å². The first-order chi connectivity index (χ1) is 8.50. The molecule has 1 aromatic carbocycles. The summed E-state index contributed by atoms with van der Waals surface area (Å²) in [5.41, 5.74) is 0.854. The van der Waals surface area contributed by atoms with Crippen molar-refractivity contribution in [2.24, 2.45) is 0 Å². The molecule has 2 rings (SSSR count). The number of benzene rings is 1. The second-order valence-electron chi connectivity index (χ2n) is 3.92. The lowest BCUT2D eigenvalue weighted by molar-refractivity contribution is 0.103. The van der Waals surface area contributed by atoms with Gasteiger partial charge in [-0.3, -0.25) is 4.79 Å². The van der Waals surface area contributed by atoms with E-state index in [1.54, 1.807) is 13.8 Å². The van der Waals surface area contributed by atoms with Crippen LogP contribution in [0.2, 0.25) is 0 Å². The summed E-state index contributed by atoms with van der Waals surface area (Å²) in [6.07, 6.45) is 0. The lowest BCUT2D eigenvalue weighted by Gasteiger charge is -2.06. The lowest BCUT2D eigenvalue weighted by Crippen LogP contribution is -2.10. The molecule has 0 aliphatic rings. The SMILES string of the molecule is Cc1cc(C(=O)c2cccc(F)c2F)c(C)nn1. The highest BCUT2D eigenvalue weighted by Gasteiger charge is 2.19. The Morgan fingerprint density at radius 1 is 1.11 bits per heavy atom. The molecule has 0 N–H and O–H groups in total. The van der Waals surface area contributed by atoms with Gasteiger partial charge in [0.15, 0.2) is 17.4 Å². The van der Waals surface area contributed by atoms with Crippen molar-refractivity contribution in [3.8, 4) is 0 Å². The lowest BCUT2D eigenvalue weighted by atomic mass is 10.0. The number of nitrogens with zero attached hydrogens (tertiary/aromatic N) is 2. The Bertz CT molecular complexity index is 622. The number of carbonyl (C=O) groups is 1. The molecule has 18 heavy (non-hydrogen) atoms. The molecule has 0 aliphatic heterocycles. The molecular weight excluding hydrogens is 238 g/mol. The number of hydrogen-bond donors (Lipinski definition) is 0. The van der Waals surface area contributed by atoms with Crippen molar-refractivity contribution < 1.29 is 13.6 Å². The second kappa shape index (κ2) is 4.60. The van der Waals surface area contributed by atoms with E-state index in [1.165, 1.54) is 18.2 Å². The maximum Gasteiger partial charge on any atom is 0.198 e. The number of carbonyl (C=O) groups excluding carboxylic acids is 1. The van der Waals surface area contributed by atoms with Crippen LogP contribution >= 0.6 is 0 Å². The van der Waals surface area contributed by atoms with Crippen LogP contribution in [0.5, 0.6) is 0 Å². The number of aryl methyl sites for hydroxylation is 2. The summed E-state index contributed by atoms with van der Waals surface area (Å²) in [5.74, 6) is -2.78. The molecule has 0 amide bonds. The van der Waals surface area contributed by atoms with Gasteiger partial charge < -0.3 is 0 Å². The highest BCUT2D eigenvalue weighted by Crippen LogP contribution is 2.17. The molecule has 0 spiro atoms. The average molecular weight is 248 g/mol. The fourth-order valence-corrected chi connectivity index (χ4v) is 1.60. The number of ketones is 1. The molecular formula is C13H10F2N2O. The van der Waals surface area contributed by atoms with Crippen molar-refractivity contribution in [2.45, 2.75) is 13.8 Å². The quantitative estimate of drug-likeness (QED) is 0.767.